The summed E-state index contributed by atoms with van der Waals surface area (Å²) in [5, 5.41) is 16.8. The van der Waals surface area contributed by atoms with Crippen molar-refractivity contribution in [3.05, 3.63) is 64.8 Å². The summed E-state index contributed by atoms with van der Waals surface area (Å²) in [6, 6.07) is 12.7. The monoisotopic (exact) mass is 385 g/mol. The number of nitrogens with zero attached hydrogens (tertiary/aromatic N) is 1. The van der Waals surface area contributed by atoms with Crippen molar-refractivity contribution in [2.75, 3.05) is 11.9 Å². The lowest BCUT2D eigenvalue weighted by molar-refractivity contribution is -0.136. The van der Waals surface area contributed by atoms with Crippen molar-refractivity contribution in [3.63, 3.8) is 0 Å². The fraction of sp³-hybridized carbons (Fsp3) is 0.200. The molecule has 7 heteroatoms. The van der Waals surface area contributed by atoms with Crippen molar-refractivity contribution in [2.24, 2.45) is 7.05 Å². The highest BCUT2D eigenvalue weighted by Crippen LogP contribution is 2.25. The van der Waals surface area contributed by atoms with E-state index in [1.54, 1.807) is 18.2 Å². The zero-order valence-corrected chi connectivity index (χ0v) is 15.7. The third-order valence-electron chi connectivity index (χ3n) is 4.38. The summed E-state index contributed by atoms with van der Waals surface area (Å²) in [6.45, 7) is 1.77. The van der Waals surface area contributed by atoms with Crippen LogP contribution in [0.2, 0.25) is 5.02 Å². The fourth-order valence-electron chi connectivity index (χ4n) is 2.88. The minimum atomic E-state index is -0.929. The SMILES string of the molecule is Cc1ccc(NC(=O)C(=O)NCC(O)c2cn(C)c3ccccc23)cc1Cl. The van der Waals surface area contributed by atoms with E-state index < -0.39 is 17.9 Å². The summed E-state index contributed by atoms with van der Waals surface area (Å²) in [7, 11) is 1.89. The van der Waals surface area contributed by atoms with Crippen LogP contribution in [0.25, 0.3) is 10.9 Å². The second-order valence-electron chi connectivity index (χ2n) is 6.36. The number of aliphatic hydroxyl groups excluding tert-OH is 1. The van der Waals surface area contributed by atoms with Crippen molar-refractivity contribution in [1.29, 1.82) is 0 Å². The van der Waals surface area contributed by atoms with Crippen molar-refractivity contribution in [3.8, 4) is 0 Å². The first kappa shape index (κ1) is 18.9. The average molecular weight is 386 g/mol. The number of rotatable bonds is 4. The molecule has 1 heterocycles. The van der Waals surface area contributed by atoms with Gasteiger partial charge in [0, 0.05) is 47.0 Å². The molecule has 1 aromatic heterocycles. The zero-order chi connectivity index (χ0) is 19.6. The quantitative estimate of drug-likeness (QED) is 0.604. The number of hydrogen-bond acceptors (Lipinski definition) is 3. The highest BCUT2D eigenvalue weighted by molar-refractivity contribution is 6.39. The molecule has 6 nitrogen and oxygen atoms in total. The lowest BCUT2D eigenvalue weighted by atomic mass is 10.1. The van der Waals surface area contributed by atoms with E-state index in [-0.39, 0.29) is 6.54 Å². The van der Waals surface area contributed by atoms with Gasteiger partial charge in [0.05, 0.1) is 6.10 Å². The number of anilines is 1. The third-order valence-corrected chi connectivity index (χ3v) is 4.79. The molecule has 2 amide bonds. The van der Waals surface area contributed by atoms with E-state index in [9.17, 15) is 14.7 Å². The molecule has 0 saturated carbocycles. The molecular weight excluding hydrogens is 366 g/mol. The number of aryl methyl sites for hydroxylation is 2. The van der Waals surface area contributed by atoms with Crippen molar-refractivity contribution in [1.82, 2.24) is 9.88 Å². The molecule has 0 aliphatic rings. The molecule has 3 aromatic rings. The van der Waals surface area contributed by atoms with Crippen molar-refractivity contribution >= 4 is 40.0 Å². The average Bonchev–Trinajstić information content (AvgIpc) is 2.99. The number of benzene rings is 2. The minimum absolute atomic E-state index is 0.0745. The van der Waals surface area contributed by atoms with Gasteiger partial charge < -0.3 is 20.3 Å². The van der Waals surface area contributed by atoms with Gasteiger partial charge in [0.2, 0.25) is 0 Å². The number of carbonyl (C=O) groups excluding carboxylic acids is 2. The molecule has 0 radical (unpaired) electrons. The number of para-hydroxylation sites is 1. The number of aliphatic hydroxyl groups is 1. The molecule has 0 fully saturated rings. The Hall–Kier alpha value is -2.83. The largest absolute Gasteiger partial charge is 0.386 e. The van der Waals surface area contributed by atoms with Gasteiger partial charge in [-0.2, -0.15) is 0 Å². The maximum Gasteiger partial charge on any atom is 0.313 e. The van der Waals surface area contributed by atoms with Gasteiger partial charge in [-0.25, -0.2) is 0 Å². The summed E-state index contributed by atoms with van der Waals surface area (Å²) >= 11 is 6.01. The Morgan fingerprint density at radius 3 is 2.67 bits per heavy atom. The van der Waals surface area contributed by atoms with Crippen LogP contribution < -0.4 is 10.6 Å². The minimum Gasteiger partial charge on any atom is -0.386 e. The Morgan fingerprint density at radius 1 is 1.19 bits per heavy atom. The summed E-state index contributed by atoms with van der Waals surface area (Å²) in [6.07, 6.45) is 0.886. The van der Waals surface area contributed by atoms with E-state index >= 15 is 0 Å². The second kappa shape index (κ2) is 7.82. The van der Waals surface area contributed by atoms with E-state index in [2.05, 4.69) is 10.6 Å². The normalized spacial score (nSPS) is 12.0. The molecule has 140 valence electrons. The van der Waals surface area contributed by atoms with Crippen LogP contribution in [0.5, 0.6) is 0 Å². The molecule has 2 aromatic carbocycles. The maximum atomic E-state index is 12.0. The molecule has 27 heavy (non-hydrogen) atoms. The van der Waals surface area contributed by atoms with Gasteiger partial charge in [-0.15, -0.1) is 0 Å². The number of amides is 2. The smallest absolute Gasteiger partial charge is 0.313 e. The first-order valence-electron chi connectivity index (χ1n) is 8.44. The van der Waals surface area contributed by atoms with E-state index in [1.807, 2.05) is 49.0 Å². The molecule has 3 rings (SSSR count). The summed E-state index contributed by atoms with van der Waals surface area (Å²) in [5.41, 5.74) is 2.98. The predicted molar refractivity (Wildman–Crippen MR) is 106 cm³/mol. The molecule has 0 bridgehead atoms. The van der Waals surface area contributed by atoms with Crippen molar-refractivity contribution < 1.29 is 14.7 Å². The van der Waals surface area contributed by atoms with Gasteiger partial charge in [-0.05, 0) is 30.7 Å². The van der Waals surface area contributed by atoms with Gasteiger partial charge in [0.15, 0.2) is 0 Å². The molecule has 0 aliphatic heterocycles. The lowest BCUT2D eigenvalue weighted by Crippen LogP contribution is -2.37. The molecule has 3 N–H and O–H groups in total. The number of halogens is 1. The van der Waals surface area contributed by atoms with Crippen LogP contribution in [-0.4, -0.2) is 28.0 Å². The zero-order valence-electron chi connectivity index (χ0n) is 15.0. The summed E-state index contributed by atoms with van der Waals surface area (Å²) in [5.74, 6) is -1.65. The third kappa shape index (κ3) is 4.13. The highest BCUT2D eigenvalue weighted by Gasteiger charge is 2.18. The molecule has 0 saturated heterocycles. The summed E-state index contributed by atoms with van der Waals surface area (Å²) < 4.78 is 1.91. The van der Waals surface area contributed by atoms with Crippen molar-refractivity contribution in [2.45, 2.75) is 13.0 Å². The number of aromatic nitrogens is 1. The Bertz CT molecular complexity index is 1010. The molecule has 0 spiro atoms. The van der Waals surface area contributed by atoms with Crippen LogP contribution >= 0.6 is 11.6 Å². The highest BCUT2D eigenvalue weighted by atomic mass is 35.5. The van der Waals surface area contributed by atoms with E-state index in [1.165, 1.54) is 0 Å². The number of carbonyl (C=O) groups is 2. The van der Waals surface area contributed by atoms with Gasteiger partial charge in [-0.3, -0.25) is 9.59 Å². The number of fused-ring (bicyclic) bond motifs is 1. The van der Waals surface area contributed by atoms with Gasteiger partial charge in [0.1, 0.15) is 0 Å². The Labute approximate surface area is 161 Å². The molecule has 1 atom stereocenters. The van der Waals surface area contributed by atoms with Gasteiger partial charge in [0.25, 0.3) is 0 Å². The van der Waals surface area contributed by atoms with Crippen LogP contribution in [0.3, 0.4) is 0 Å². The Kier molecular flexibility index (Phi) is 5.48. The van der Waals surface area contributed by atoms with Crippen LogP contribution in [0.15, 0.2) is 48.7 Å². The first-order chi connectivity index (χ1) is 12.9. The topological polar surface area (TPSA) is 83.4 Å². The maximum absolute atomic E-state index is 12.0. The molecule has 1 unspecified atom stereocenters. The second-order valence-corrected chi connectivity index (χ2v) is 6.76. The fourth-order valence-corrected chi connectivity index (χ4v) is 3.06. The first-order valence-corrected chi connectivity index (χ1v) is 8.82. The van der Waals surface area contributed by atoms with Crippen LogP contribution in [0.1, 0.15) is 17.2 Å². The lowest BCUT2D eigenvalue weighted by Gasteiger charge is -2.12. The van der Waals surface area contributed by atoms with E-state index in [0.717, 1.165) is 16.5 Å². The molecule has 0 aliphatic carbocycles. The van der Waals surface area contributed by atoms with Crippen LogP contribution in [0, 0.1) is 6.92 Å². The van der Waals surface area contributed by atoms with Crippen LogP contribution in [-0.2, 0) is 16.6 Å². The van der Waals surface area contributed by atoms with Gasteiger partial charge in [-0.1, -0.05) is 35.9 Å². The summed E-state index contributed by atoms with van der Waals surface area (Å²) in [4.78, 5) is 24.1. The Balaban J connectivity index is 1.62. The predicted octanol–water partition coefficient (Wildman–Crippen LogP) is 2.93. The van der Waals surface area contributed by atoms with E-state index in [4.69, 9.17) is 11.6 Å². The number of nitrogens with one attached hydrogen (secondary N) is 2. The number of hydrogen-bond donors (Lipinski definition) is 3. The van der Waals surface area contributed by atoms with Gasteiger partial charge >= 0.3 is 11.8 Å². The van der Waals surface area contributed by atoms with Crippen LogP contribution in [0.4, 0.5) is 5.69 Å². The standard InChI is InChI=1S/C20H20ClN3O3/c1-12-7-8-13(9-16(12)21)23-20(27)19(26)22-10-18(25)15-11-24(2)17-6-4-3-5-14(15)17/h3-9,11,18,25H,10H2,1-2H3,(H,22,26)(H,23,27). The molecular formula is C20H20ClN3O3. The Morgan fingerprint density at radius 2 is 1.93 bits per heavy atom. The van der Waals surface area contributed by atoms with E-state index in [0.29, 0.717) is 16.3 Å².